The molecule has 98 valence electrons. The van der Waals surface area contributed by atoms with Gasteiger partial charge >= 0.3 is 0 Å². The van der Waals surface area contributed by atoms with E-state index in [2.05, 4.69) is 33.3 Å². The van der Waals surface area contributed by atoms with Crippen LogP contribution in [0.3, 0.4) is 0 Å². The van der Waals surface area contributed by atoms with Crippen LogP contribution in [0.5, 0.6) is 0 Å². The zero-order valence-electron chi connectivity index (χ0n) is 10.8. The molecule has 4 aromatic rings. The van der Waals surface area contributed by atoms with Crippen molar-refractivity contribution in [1.29, 1.82) is 0 Å². The fourth-order valence-corrected chi connectivity index (χ4v) is 2.50. The number of hydrogen-bond donors (Lipinski definition) is 2. The Labute approximate surface area is 114 Å². The van der Waals surface area contributed by atoms with E-state index in [9.17, 15) is 0 Å². The lowest BCUT2D eigenvalue weighted by Gasteiger charge is -2.07. The maximum absolute atomic E-state index is 5.70. The van der Waals surface area contributed by atoms with Crippen molar-refractivity contribution in [3.05, 3.63) is 42.2 Å². The van der Waals surface area contributed by atoms with Crippen LogP contribution in [-0.4, -0.2) is 24.8 Å². The summed E-state index contributed by atoms with van der Waals surface area (Å²) in [6.07, 6.45) is 3.70. The van der Waals surface area contributed by atoms with Crippen molar-refractivity contribution in [2.75, 3.05) is 5.73 Å². The quantitative estimate of drug-likeness (QED) is 0.551. The smallest absolute Gasteiger partial charge is 0.157 e. The van der Waals surface area contributed by atoms with Crippen LogP contribution in [0.4, 0.5) is 5.82 Å². The molecule has 20 heavy (non-hydrogen) atoms. The number of aryl methyl sites for hydroxylation is 1. The van der Waals surface area contributed by atoms with Crippen LogP contribution in [0.2, 0.25) is 0 Å². The second-order valence-electron chi connectivity index (χ2n) is 4.77. The summed E-state index contributed by atoms with van der Waals surface area (Å²) in [7, 11) is 0. The number of nitrogens with two attached hydrogens (primary N) is 1. The summed E-state index contributed by atoms with van der Waals surface area (Å²) in [6, 6.07) is 7.78. The van der Waals surface area contributed by atoms with Crippen molar-refractivity contribution in [3.63, 3.8) is 0 Å². The van der Waals surface area contributed by atoms with Crippen molar-refractivity contribution >= 4 is 22.4 Å². The van der Waals surface area contributed by atoms with Gasteiger partial charge in [0.1, 0.15) is 5.82 Å². The first-order chi connectivity index (χ1) is 9.72. The molecular weight excluding hydrogens is 252 g/mol. The van der Waals surface area contributed by atoms with Gasteiger partial charge in [0.05, 0.1) is 17.4 Å². The lowest BCUT2D eigenvalue weighted by molar-refractivity contribution is 0.947. The van der Waals surface area contributed by atoms with E-state index in [1.54, 1.807) is 10.6 Å². The van der Waals surface area contributed by atoms with Gasteiger partial charge in [0.2, 0.25) is 0 Å². The van der Waals surface area contributed by atoms with Gasteiger partial charge in [0.25, 0.3) is 0 Å². The Morgan fingerprint density at radius 1 is 1.25 bits per heavy atom. The normalized spacial score (nSPS) is 11.4. The van der Waals surface area contributed by atoms with Crippen molar-refractivity contribution in [2.24, 2.45) is 0 Å². The lowest BCUT2D eigenvalue weighted by Crippen LogP contribution is -1.94. The highest BCUT2D eigenvalue weighted by Crippen LogP contribution is 2.29. The van der Waals surface area contributed by atoms with Crippen LogP contribution in [0.15, 0.2) is 36.7 Å². The van der Waals surface area contributed by atoms with E-state index in [4.69, 9.17) is 5.73 Å². The Hall–Kier alpha value is -2.89. The molecule has 0 aliphatic rings. The molecule has 0 amide bonds. The zero-order valence-corrected chi connectivity index (χ0v) is 10.8. The number of aromatic amines is 1. The fraction of sp³-hybridized carbons (Fsp3) is 0.0714. The van der Waals surface area contributed by atoms with Gasteiger partial charge in [-0.05, 0) is 24.6 Å². The summed E-state index contributed by atoms with van der Waals surface area (Å²) in [6.45, 7) is 2.07. The zero-order chi connectivity index (χ0) is 13.7. The topological polar surface area (TPSA) is 84.9 Å². The molecular formula is C14H12N6. The van der Waals surface area contributed by atoms with Gasteiger partial charge in [-0.25, -0.2) is 9.50 Å². The number of rotatable bonds is 1. The van der Waals surface area contributed by atoms with Crippen LogP contribution in [0.1, 0.15) is 5.56 Å². The molecule has 6 heteroatoms. The van der Waals surface area contributed by atoms with E-state index in [1.165, 1.54) is 0 Å². The number of H-pyrrole nitrogens is 1. The van der Waals surface area contributed by atoms with Gasteiger partial charge in [0, 0.05) is 23.2 Å². The number of nitrogens with zero attached hydrogens (tertiary/aromatic N) is 4. The standard InChI is InChI=1S/C14H12N6/c1-8-2-3-10-9(7-16-18-10)14(8)11-4-5-20-13(17-11)6-12(15)19-20/h2-7H,1H3,(H2,15,19)(H,16,18). The highest BCUT2D eigenvalue weighted by Gasteiger charge is 2.11. The number of nitrogen functional groups attached to an aromatic ring is 1. The van der Waals surface area contributed by atoms with Gasteiger partial charge in [-0.15, -0.1) is 5.10 Å². The van der Waals surface area contributed by atoms with Crippen molar-refractivity contribution < 1.29 is 0 Å². The Balaban J connectivity index is 2.04. The number of anilines is 1. The number of hydrogen-bond acceptors (Lipinski definition) is 4. The second kappa shape index (κ2) is 3.80. The van der Waals surface area contributed by atoms with E-state index in [0.717, 1.165) is 33.4 Å². The molecule has 3 N–H and O–H groups in total. The molecule has 1 aromatic carbocycles. The first kappa shape index (κ1) is 11.0. The van der Waals surface area contributed by atoms with E-state index in [-0.39, 0.29) is 0 Å². The van der Waals surface area contributed by atoms with Crippen LogP contribution in [0.25, 0.3) is 27.8 Å². The Morgan fingerprint density at radius 2 is 2.15 bits per heavy atom. The van der Waals surface area contributed by atoms with Gasteiger partial charge in [-0.2, -0.15) is 5.10 Å². The lowest BCUT2D eigenvalue weighted by atomic mass is 10.0. The Kier molecular flexibility index (Phi) is 2.09. The minimum atomic E-state index is 0.466. The van der Waals surface area contributed by atoms with Crippen molar-refractivity contribution in [3.8, 4) is 11.3 Å². The fourth-order valence-electron chi connectivity index (χ4n) is 2.50. The third-order valence-corrected chi connectivity index (χ3v) is 3.43. The van der Waals surface area contributed by atoms with Gasteiger partial charge in [0.15, 0.2) is 5.65 Å². The Bertz CT molecular complexity index is 933. The molecule has 0 aliphatic carbocycles. The molecule has 3 aromatic heterocycles. The molecule has 4 rings (SSSR count). The molecule has 0 saturated heterocycles. The van der Waals surface area contributed by atoms with Crippen molar-refractivity contribution in [2.45, 2.75) is 6.92 Å². The molecule has 0 bridgehead atoms. The monoisotopic (exact) mass is 264 g/mol. The third kappa shape index (κ3) is 1.48. The predicted octanol–water partition coefficient (Wildman–Crippen LogP) is 2.16. The van der Waals surface area contributed by atoms with E-state index >= 15 is 0 Å². The van der Waals surface area contributed by atoms with Crippen LogP contribution in [0, 0.1) is 6.92 Å². The molecule has 0 atom stereocenters. The van der Waals surface area contributed by atoms with Gasteiger partial charge in [-0.3, -0.25) is 5.10 Å². The molecule has 3 heterocycles. The highest BCUT2D eigenvalue weighted by atomic mass is 15.3. The molecule has 0 radical (unpaired) electrons. The first-order valence-electron chi connectivity index (χ1n) is 6.27. The van der Waals surface area contributed by atoms with Crippen LogP contribution < -0.4 is 5.73 Å². The summed E-state index contributed by atoms with van der Waals surface area (Å²) in [5.74, 6) is 0.466. The van der Waals surface area contributed by atoms with Gasteiger partial charge < -0.3 is 5.73 Å². The SMILES string of the molecule is Cc1ccc2[nH]ncc2c1-c1ccn2nc(N)cc2n1. The third-order valence-electron chi connectivity index (χ3n) is 3.43. The Morgan fingerprint density at radius 3 is 3.05 bits per heavy atom. The average molecular weight is 264 g/mol. The maximum atomic E-state index is 5.70. The summed E-state index contributed by atoms with van der Waals surface area (Å²) in [5, 5.41) is 12.3. The molecule has 0 spiro atoms. The molecule has 0 fully saturated rings. The molecule has 0 aliphatic heterocycles. The van der Waals surface area contributed by atoms with Crippen LogP contribution >= 0.6 is 0 Å². The first-order valence-corrected chi connectivity index (χ1v) is 6.27. The van der Waals surface area contributed by atoms with E-state index < -0.39 is 0 Å². The number of fused-ring (bicyclic) bond motifs is 2. The number of benzene rings is 1. The maximum Gasteiger partial charge on any atom is 0.157 e. The average Bonchev–Trinajstić information content (AvgIpc) is 3.02. The number of nitrogens with one attached hydrogen (secondary N) is 1. The summed E-state index contributed by atoms with van der Waals surface area (Å²) >= 11 is 0. The summed E-state index contributed by atoms with van der Waals surface area (Å²) < 4.78 is 1.67. The van der Waals surface area contributed by atoms with Crippen LogP contribution in [-0.2, 0) is 0 Å². The minimum Gasteiger partial charge on any atom is -0.382 e. The van der Waals surface area contributed by atoms with Crippen molar-refractivity contribution in [1.82, 2.24) is 24.8 Å². The second-order valence-corrected chi connectivity index (χ2v) is 4.77. The molecule has 0 unspecified atom stereocenters. The number of aromatic nitrogens is 5. The molecule has 6 nitrogen and oxygen atoms in total. The molecule has 0 saturated carbocycles. The highest BCUT2D eigenvalue weighted by molar-refractivity contribution is 5.95. The largest absolute Gasteiger partial charge is 0.382 e. The predicted molar refractivity (Wildman–Crippen MR) is 77.2 cm³/mol. The minimum absolute atomic E-state index is 0.466. The van der Waals surface area contributed by atoms with E-state index in [1.807, 2.05) is 24.5 Å². The van der Waals surface area contributed by atoms with Gasteiger partial charge in [-0.1, -0.05) is 6.07 Å². The summed E-state index contributed by atoms with van der Waals surface area (Å²) in [5.41, 5.74) is 10.6. The van der Waals surface area contributed by atoms with E-state index in [0.29, 0.717) is 5.82 Å². The summed E-state index contributed by atoms with van der Waals surface area (Å²) in [4.78, 5) is 4.64.